The second kappa shape index (κ2) is 8.32. The van der Waals surface area contributed by atoms with Crippen LogP contribution in [0.15, 0.2) is 53.7 Å². The topological polar surface area (TPSA) is 91.3 Å². The van der Waals surface area contributed by atoms with Crippen molar-refractivity contribution in [2.24, 2.45) is 7.05 Å². The van der Waals surface area contributed by atoms with Gasteiger partial charge in [-0.25, -0.2) is 13.4 Å². The summed E-state index contributed by atoms with van der Waals surface area (Å²) < 4.78 is 30.2. The zero-order valence-electron chi connectivity index (χ0n) is 17.9. The van der Waals surface area contributed by atoms with E-state index in [1.54, 1.807) is 31.9 Å². The van der Waals surface area contributed by atoms with Crippen LogP contribution in [0.5, 0.6) is 0 Å². The summed E-state index contributed by atoms with van der Waals surface area (Å²) in [6.45, 7) is 0.417. The fourth-order valence-electron chi connectivity index (χ4n) is 3.99. The van der Waals surface area contributed by atoms with Crippen LogP contribution in [0, 0.1) is 0 Å². The number of hydrogen-bond donors (Lipinski definition) is 1. The number of aromatic nitrogens is 3. The van der Waals surface area contributed by atoms with Gasteiger partial charge in [0.25, 0.3) is 5.91 Å². The lowest BCUT2D eigenvalue weighted by Crippen LogP contribution is -2.38. The molecule has 164 valence electrons. The lowest BCUT2D eigenvalue weighted by Gasteiger charge is -2.33. The van der Waals surface area contributed by atoms with Gasteiger partial charge in [0, 0.05) is 33.9 Å². The van der Waals surface area contributed by atoms with Gasteiger partial charge in [-0.3, -0.25) is 4.79 Å². The second-order valence-electron chi connectivity index (χ2n) is 8.05. The molecule has 0 saturated carbocycles. The zero-order chi connectivity index (χ0) is 22.2. The van der Waals surface area contributed by atoms with Crippen molar-refractivity contribution in [1.82, 2.24) is 23.7 Å². The molecule has 3 heterocycles. The Morgan fingerprint density at radius 1 is 1.19 bits per heavy atom. The number of piperidine rings is 1. The summed E-state index contributed by atoms with van der Waals surface area (Å²) in [5.41, 5.74) is 2.19. The third kappa shape index (κ3) is 4.03. The van der Waals surface area contributed by atoms with Crippen LogP contribution < -0.4 is 0 Å². The molecule has 1 aromatic carbocycles. The molecule has 0 unspecified atom stereocenters. The van der Waals surface area contributed by atoms with Gasteiger partial charge >= 0.3 is 0 Å². The van der Waals surface area contributed by atoms with E-state index in [0.717, 1.165) is 24.1 Å². The van der Waals surface area contributed by atoms with Crippen LogP contribution in [0.4, 0.5) is 0 Å². The number of aromatic amines is 1. The predicted molar refractivity (Wildman–Crippen MR) is 118 cm³/mol. The largest absolute Gasteiger partial charge is 0.345 e. The van der Waals surface area contributed by atoms with Gasteiger partial charge in [-0.15, -0.1) is 0 Å². The number of sulfonamides is 1. The molecule has 0 spiro atoms. The first-order valence-corrected chi connectivity index (χ1v) is 11.7. The minimum absolute atomic E-state index is 0.127. The molecule has 1 fully saturated rings. The Morgan fingerprint density at radius 2 is 1.94 bits per heavy atom. The van der Waals surface area contributed by atoms with Crippen molar-refractivity contribution >= 4 is 15.9 Å². The van der Waals surface area contributed by atoms with Crippen molar-refractivity contribution in [2.75, 3.05) is 20.6 Å². The molecule has 1 saturated heterocycles. The minimum Gasteiger partial charge on any atom is -0.345 e. The predicted octanol–water partition coefficient (Wildman–Crippen LogP) is 3.03. The zero-order valence-corrected chi connectivity index (χ0v) is 18.8. The summed E-state index contributed by atoms with van der Waals surface area (Å²) in [5.74, 6) is 0.403. The SMILES string of the molecule is CN(C)C(=O)c1cc(S(=O)(=O)N2CCCC[C@@H]2c2ncc(-c3ccccc3)[nH]2)cn1C. The van der Waals surface area contributed by atoms with E-state index in [4.69, 9.17) is 0 Å². The van der Waals surface area contributed by atoms with Gasteiger partial charge < -0.3 is 14.5 Å². The minimum atomic E-state index is -3.79. The van der Waals surface area contributed by atoms with Crippen LogP contribution in [0.25, 0.3) is 11.3 Å². The number of carbonyl (C=O) groups excluding carboxylic acids is 1. The fourth-order valence-corrected chi connectivity index (χ4v) is 5.72. The van der Waals surface area contributed by atoms with Gasteiger partial charge in [0.2, 0.25) is 10.0 Å². The smallest absolute Gasteiger partial charge is 0.269 e. The first-order valence-electron chi connectivity index (χ1n) is 10.3. The van der Waals surface area contributed by atoms with Gasteiger partial charge in [0.15, 0.2) is 0 Å². The summed E-state index contributed by atoms with van der Waals surface area (Å²) in [6.07, 6.45) is 5.67. The third-order valence-electron chi connectivity index (χ3n) is 5.66. The monoisotopic (exact) mass is 441 g/mol. The molecule has 1 amide bonds. The van der Waals surface area contributed by atoms with Crippen LogP contribution in [0.2, 0.25) is 0 Å². The van der Waals surface area contributed by atoms with Crippen molar-refractivity contribution < 1.29 is 13.2 Å². The first-order chi connectivity index (χ1) is 14.8. The molecular formula is C22H27N5O3S. The summed E-state index contributed by atoms with van der Waals surface area (Å²) in [5, 5.41) is 0. The molecule has 1 N–H and O–H groups in total. The second-order valence-corrected chi connectivity index (χ2v) is 9.94. The molecule has 0 bridgehead atoms. The van der Waals surface area contributed by atoms with Gasteiger partial charge in [0.05, 0.1) is 17.9 Å². The quantitative estimate of drug-likeness (QED) is 0.659. The lowest BCUT2D eigenvalue weighted by atomic mass is 10.0. The molecular weight excluding hydrogens is 414 g/mol. The summed E-state index contributed by atoms with van der Waals surface area (Å²) >= 11 is 0. The van der Waals surface area contributed by atoms with E-state index in [0.29, 0.717) is 24.5 Å². The number of nitrogens with one attached hydrogen (secondary N) is 1. The highest BCUT2D eigenvalue weighted by Gasteiger charge is 2.37. The van der Waals surface area contributed by atoms with E-state index in [1.165, 1.54) is 21.5 Å². The Morgan fingerprint density at radius 3 is 2.65 bits per heavy atom. The maximum atomic E-state index is 13.6. The highest BCUT2D eigenvalue weighted by molar-refractivity contribution is 7.89. The van der Waals surface area contributed by atoms with Crippen LogP contribution >= 0.6 is 0 Å². The Balaban J connectivity index is 1.67. The van der Waals surface area contributed by atoms with E-state index in [2.05, 4.69) is 9.97 Å². The van der Waals surface area contributed by atoms with Crippen molar-refractivity contribution in [2.45, 2.75) is 30.2 Å². The van der Waals surface area contributed by atoms with E-state index in [-0.39, 0.29) is 16.8 Å². The number of benzene rings is 1. The van der Waals surface area contributed by atoms with E-state index in [9.17, 15) is 13.2 Å². The van der Waals surface area contributed by atoms with E-state index >= 15 is 0 Å². The number of hydrogen-bond acceptors (Lipinski definition) is 4. The van der Waals surface area contributed by atoms with Crippen LogP contribution in [-0.2, 0) is 17.1 Å². The molecule has 1 atom stereocenters. The summed E-state index contributed by atoms with van der Waals surface area (Å²) in [4.78, 5) is 21.8. The maximum absolute atomic E-state index is 13.6. The molecule has 0 radical (unpaired) electrons. The Hall–Kier alpha value is -2.91. The van der Waals surface area contributed by atoms with Crippen LogP contribution in [0.3, 0.4) is 0 Å². The van der Waals surface area contributed by atoms with E-state index in [1.807, 2.05) is 30.3 Å². The maximum Gasteiger partial charge on any atom is 0.269 e. The molecule has 9 heteroatoms. The number of aryl methyl sites for hydroxylation is 1. The normalized spacial score (nSPS) is 17.6. The molecule has 8 nitrogen and oxygen atoms in total. The highest BCUT2D eigenvalue weighted by Crippen LogP contribution is 2.35. The highest BCUT2D eigenvalue weighted by atomic mass is 32.2. The Kier molecular flexibility index (Phi) is 5.72. The molecule has 4 rings (SSSR count). The third-order valence-corrected chi connectivity index (χ3v) is 7.53. The van der Waals surface area contributed by atoms with Gasteiger partial charge in [0.1, 0.15) is 16.4 Å². The van der Waals surface area contributed by atoms with Crippen molar-refractivity contribution in [3.05, 3.63) is 60.3 Å². The molecule has 3 aromatic rings. The van der Waals surface area contributed by atoms with Crippen LogP contribution in [0.1, 0.15) is 41.6 Å². The van der Waals surface area contributed by atoms with Gasteiger partial charge in [-0.1, -0.05) is 36.8 Å². The van der Waals surface area contributed by atoms with Gasteiger partial charge in [-0.2, -0.15) is 4.31 Å². The van der Waals surface area contributed by atoms with Crippen molar-refractivity contribution in [1.29, 1.82) is 0 Å². The number of imidazole rings is 1. The number of H-pyrrole nitrogens is 1. The lowest BCUT2D eigenvalue weighted by molar-refractivity contribution is 0.0818. The summed E-state index contributed by atoms with van der Waals surface area (Å²) in [6, 6.07) is 10.9. The molecule has 2 aromatic heterocycles. The van der Waals surface area contributed by atoms with E-state index < -0.39 is 10.0 Å². The average Bonchev–Trinajstić information content (AvgIpc) is 3.41. The molecule has 1 aliphatic rings. The number of nitrogens with zero attached hydrogens (tertiary/aromatic N) is 4. The van der Waals surface area contributed by atoms with Gasteiger partial charge in [-0.05, 0) is 24.5 Å². The number of carbonyl (C=O) groups is 1. The number of amides is 1. The Labute approximate surface area is 182 Å². The first kappa shape index (κ1) is 21.3. The number of rotatable bonds is 5. The Bertz CT molecular complexity index is 1180. The van der Waals surface area contributed by atoms with Crippen LogP contribution in [-0.4, -0.2) is 58.7 Å². The fraction of sp³-hybridized carbons (Fsp3) is 0.364. The van der Waals surface area contributed by atoms with Crippen molar-refractivity contribution in [3.8, 4) is 11.3 Å². The molecule has 1 aliphatic heterocycles. The summed E-state index contributed by atoms with van der Waals surface area (Å²) in [7, 11) is 1.18. The molecule has 0 aliphatic carbocycles. The molecule has 31 heavy (non-hydrogen) atoms. The standard InChI is InChI=1S/C22H27N5O3S/c1-25(2)22(28)20-13-17(15-26(20)3)31(29,30)27-12-8-7-11-19(27)21-23-14-18(24-21)16-9-5-4-6-10-16/h4-6,9-10,13-15,19H,7-8,11-12H2,1-3H3,(H,23,24)/t19-/m1/s1. The van der Waals surface area contributed by atoms with Crippen molar-refractivity contribution in [3.63, 3.8) is 0 Å². The average molecular weight is 442 g/mol.